The minimum atomic E-state index is -4.59. The van der Waals surface area contributed by atoms with Crippen molar-refractivity contribution >= 4 is 33.2 Å². The van der Waals surface area contributed by atoms with Crippen LogP contribution in [0.4, 0.5) is 24.5 Å². The van der Waals surface area contributed by atoms with Crippen LogP contribution in [0.5, 0.6) is 11.5 Å². The summed E-state index contributed by atoms with van der Waals surface area (Å²) < 4.78 is 51.8. The largest absolute Gasteiger partial charge is 0.486 e. The summed E-state index contributed by atoms with van der Waals surface area (Å²) in [6, 6.07) is 7.12. The van der Waals surface area contributed by atoms with Crippen LogP contribution in [0.1, 0.15) is 11.1 Å². The average molecular weight is 459 g/mol. The van der Waals surface area contributed by atoms with Crippen LogP contribution in [-0.2, 0) is 17.4 Å². The lowest BCUT2D eigenvalue weighted by Crippen LogP contribution is -2.20. The summed E-state index contributed by atoms with van der Waals surface area (Å²) in [5.41, 5.74) is -0.204. The van der Waals surface area contributed by atoms with Crippen LogP contribution in [0.25, 0.3) is 0 Å². The van der Waals surface area contributed by atoms with Crippen molar-refractivity contribution in [3.05, 3.63) is 45.9 Å². The molecule has 0 atom stereocenters. The van der Waals surface area contributed by atoms with E-state index >= 15 is 0 Å². The number of fused-ring (bicyclic) bond motifs is 1. The number of carbonyl (C=O) groups is 1. The van der Waals surface area contributed by atoms with E-state index < -0.39 is 17.6 Å². The minimum absolute atomic E-state index is 0.121. The Hall–Kier alpha value is -2.42. The van der Waals surface area contributed by atoms with Gasteiger partial charge in [-0.2, -0.15) is 13.2 Å². The molecule has 0 radical (unpaired) electrons. The first-order valence-corrected chi connectivity index (χ1v) is 9.21. The standard InChI is InChI=1S/C19H18BrF3N2O3/c1-25(2)12-3-4-15(13(9-12)19(21,22)23)24-18(26)8-11-7-16-17(10-14(11)20)28-6-5-27-16/h3-4,7,9-10H,5-6,8H2,1-2H3,(H,24,26). The van der Waals surface area contributed by atoms with Crippen LogP contribution >= 0.6 is 15.9 Å². The van der Waals surface area contributed by atoms with Gasteiger partial charge in [-0.1, -0.05) is 15.9 Å². The SMILES string of the molecule is CN(C)c1ccc(NC(=O)Cc2cc3c(cc2Br)OCCO3)c(C(F)(F)F)c1. The van der Waals surface area contributed by atoms with Crippen molar-refractivity contribution < 1.29 is 27.4 Å². The minimum Gasteiger partial charge on any atom is -0.486 e. The first-order chi connectivity index (χ1) is 13.1. The van der Waals surface area contributed by atoms with Gasteiger partial charge >= 0.3 is 6.18 Å². The van der Waals surface area contributed by atoms with E-state index in [9.17, 15) is 18.0 Å². The molecule has 0 spiro atoms. The molecule has 0 fully saturated rings. The lowest BCUT2D eigenvalue weighted by atomic mass is 10.1. The Kier molecular flexibility index (Phi) is 5.74. The first-order valence-electron chi connectivity index (χ1n) is 8.41. The molecule has 2 aromatic rings. The zero-order chi connectivity index (χ0) is 20.5. The number of halogens is 4. The molecule has 0 saturated heterocycles. The molecule has 28 heavy (non-hydrogen) atoms. The van der Waals surface area contributed by atoms with Gasteiger partial charge in [0.2, 0.25) is 5.91 Å². The van der Waals surface area contributed by atoms with Gasteiger partial charge in [0.1, 0.15) is 13.2 Å². The Morgan fingerprint density at radius 3 is 2.39 bits per heavy atom. The van der Waals surface area contributed by atoms with Crippen molar-refractivity contribution in [1.82, 2.24) is 0 Å². The smallest absolute Gasteiger partial charge is 0.418 e. The number of ether oxygens (including phenoxy) is 2. The maximum absolute atomic E-state index is 13.4. The molecule has 1 heterocycles. The Morgan fingerprint density at radius 2 is 1.79 bits per heavy atom. The molecule has 0 aliphatic carbocycles. The molecule has 9 heteroatoms. The van der Waals surface area contributed by atoms with Gasteiger partial charge in [-0.05, 0) is 35.9 Å². The van der Waals surface area contributed by atoms with Gasteiger partial charge in [0.25, 0.3) is 0 Å². The Balaban J connectivity index is 1.82. The van der Waals surface area contributed by atoms with Crippen molar-refractivity contribution in [2.24, 2.45) is 0 Å². The van der Waals surface area contributed by atoms with Crippen LogP contribution in [0.15, 0.2) is 34.8 Å². The molecule has 1 N–H and O–H groups in total. The molecule has 0 bridgehead atoms. The van der Waals surface area contributed by atoms with Crippen LogP contribution in [-0.4, -0.2) is 33.2 Å². The number of amides is 1. The molecule has 5 nitrogen and oxygen atoms in total. The quantitative estimate of drug-likeness (QED) is 0.733. The first kappa shape index (κ1) is 20.3. The fraction of sp³-hybridized carbons (Fsp3) is 0.316. The highest BCUT2D eigenvalue weighted by Gasteiger charge is 2.34. The highest BCUT2D eigenvalue weighted by molar-refractivity contribution is 9.10. The second kappa shape index (κ2) is 7.90. The summed E-state index contributed by atoms with van der Waals surface area (Å²) in [6.07, 6.45) is -4.71. The second-order valence-electron chi connectivity index (χ2n) is 6.43. The molecule has 3 rings (SSSR count). The van der Waals surface area contributed by atoms with E-state index in [1.807, 2.05) is 0 Å². The summed E-state index contributed by atoms with van der Waals surface area (Å²) in [5, 5.41) is 2.37. The molecular weight excluding hydrogens is 441 g/mol. The lowest BCUT2D eigenvalue weighted by molar-refractivity contribution is -0.136. The van der Waals surface area contributed by atoms with Crippen LogP contribution in [0.3, 0.4) is 0 Å². The highest BCUT2D eigenvalue weighted by atomic mass is 79.9. The third kappa shape index (κ3) is 4.52. The van der Waals surface area contributed by atoms with E-state index in [2.05, 4.69) is 21.2 Å². The fourth-order valence-electron chi connectivity index (χ4n) is 2.76. The number of hydrogen-bond donors (Lipinski definition) is 1. The monoisotopic (exact) mass is 458 g/mol. The van der Waals surface area contributed by atoms with E-state index in [0.29, 0.717) is 40.4 Å². The Morgan fingerprint density at radius 1 is 1.14 bits per heavy atom. The Labute approximate surface area is 168 Å². The third-order valence-electron chi connectivity index (χ3n) is 4.16. The molecule has 1 aliphatic rings. The van der Waals surface area contributed by atoms with Crippen LogP contribution in [0, 0.1) is 0 Å². The van der Waals surface area contributed by atoms with Gasteiger partial charge in [-0.15, -0.1) is 0 Å². The van der Waals surface area contributed by atoms with E-state index in [1.165, 1.54) is 12.1 Å². The predicted molar refractivity (Wildman–Crippen MR) is 103 cm³/mol. The summed E-state index contributed by atoms with van der Waals surface area (Å²) in [7, 11) is 3.29. The normalized spacial score (nSPS) is 13.2. The van der Waals surface area contributed by atoms with E-state index in [4.69, 9.17) is 9.47 Å². The molecule has 1 amide bonds. The lowest BCUT2D eigenvalue weighted by Gasteiger charge is -2.20. The number of alkyl halides is 3. The zero-order valence-electron chi connectivity index (χ0n) is 15.2. The van der Waals surface area contributed by atoms with Crippen molar-refractivity contribution in [1.29, 1.82) is 0 Å². The maximum atomic E-state index is 13.4. The predicted octanol–water partition coefficient (Wildman–Crippen LogP) is 4.49. The number of anilines is 2. The van der Waals surface area contributed by atoms with Crippen molar-refractivity contribution in [3.8, 4) is 11.5 Å². The summed E-state index contributed by atoms with van der Waals surface area (Å²) in [6.45, 7) is 0.829. The summed E-state index contributed by atoms with van der Waals surface area (Å²) >= 11 is 3.36. The summed E-state index contributed by atoms with van der Waals surface area (Å²) in [4.78, 5) is 14.0. The maximum Gasteiger partial charge on any atom is 0.418 e. The van der Waals surface area contributed by atoms with E-state index in [0.717, 1.165) is 6.07 Å². The number of hydrogen-bond acceptors (Lipinski definition) is 4. The molecule has 0 aromatic heterocycles. The number of nitrogens with zero attached hydrogens (tertiary/aromatic N) is 1. The summed E-state index contributed by atoms with van der Waals surface area (Å²) in [5.74, 6) is 0.491. The number of carbonyl (C=O) groups excluding carboxylic acids is 1. The van der Waals surface area contributed by atoms with Crippen molar-refractivity contribution in [2.45, 2.75) is 12.6 Å². The average Bonchev–Trinajstić information content (AvgIpc) is 2.61. The molecule has 0 unspecified atom stereocenters. The third-order valence-corrected chi connectivity index (χ3v) is 4.90. The van der Waals surface area contributed by atoms with Crippen LogP contribution < -0.4 is 19.7 Å². The van der Waals surface area contributed by atoms with E-state index in [1.54, 1.807) is 31.1 Å². The van der Waals surface area contributed by atoms with Crippen LogP contribution in [0.2, 0.25) is 0 Å². The van der Waals surface area contributed by atoms with Crippen molar-refractivity contribution in [3.63, 3.8) is 0 Å². The van der Waals surface area contributed by atoms with Crippen molar-refractivity contribution in [2.75, 3.05) is 37.5 Å². The van der Waals surface area contributed by atoms with E-state index in [-0.39, 0.29) is 12.1 Å². The topological polar surface area (TPSA) is 50.8 Å². The zero-order valence-corrected chi connectivity index (χ0v) is 16.8. The van der Waals surface area contributed by atoms with Gasteiger partial charge in [0.15, 0.2) is 11.5 Å². The molecule has 150 valence electrons. The fourth-order valence-corrected chi connectivity index (χ4v) is 3.23. The van der Waals surface area contributed by atoms with Gasteiger partial charge < -0.3 is 19.7 Å². The molecule has 0 saturated carbocycles. The number of nitrogens with one attached hydrogen (secondary N) is 1. The number of rotatable bonds is 4. The van der Waals surface area contributed by atoms with Gasteiger partial charge in [0.05, 0.1) is 17.7 Å². The van der Waals surface area contributed by atoms with Gasteiger partial charge in [-0.25, -0.2) is 0 Å². The highest BCUT2D eigenvalue weighted by Crippen LogP contribution is 2.38. The molecule has 1 aliphatic heterocycles. The molecule has 2 aromatic carbocycles. The van der Waals surface area contributed by atoms with Gasteiger partial charge in [-0.3, -0.25) is 4.79 Å². The molecular formula is C19H18BrF3N2O3. The second-order valence-corrected chi connectivity index (χ2v) is 7.29. The Bertz CT molecular complexity index is 901. The number of benzene rings is 2. The van der Waals surface area contributed by atoms with Gasteiger partial charge in [0, 0.05) is 24.3 Å².